The molecule has 4 N–H and O–H groups in total. The Balaban J connectivity index is 0. The summed E-state index contributed by atoms with van der Waals surface area (Å²) in [6.07, 6.45) is 0. The quantitative estimate of drug-likeness (QED) is 0.300. The van der Waals surface area contributed by atoms with Crippen molar-refractivity contribution in [3.05, 3.63) is 0 Å². The van der Waals surface area contributed by atoms with Gasteiger partial charge in [-0.2, -0.15) is 0 Å². The number of hydrogen-bond donors (Lipinski definition) is 4. The van der Waals surface area contributed by atoms with Gasteiger partial charge >= 0.3 is 52.4 Å². The summed E-state index contributed by atoms with van der Waals surface area (Å²) < 4.78 is 3.47. The molecule has 8 heteroatoms. The number of rotatable bonds is 2. The van der Waals surface area contributed by atoms with Crippen LogP contribution in [0.1, 0.15) is 0 Å². The summed E-state index contributed by atoms with van der Waals surface area (Å²) in [5, 5.41) is 30.9. The van der Waals surface area contributed by atoms with E-state index in [1.807, 2.05) is 0 Å². The van der Waals surface area contributed by atoms with Crippen molar-refractivity contribution < 1.29 is 24.7 Å². The zero-order valence-electron chi connectivity index (χ0n) is 3.35. The van der Waals surface area contributed by atoms with Gasteiger partial charge in [-0.3, -0.25) is 0 Å². The van der Waals surface area contributed by atoms with Crippen LogP contribution in [0, 0.1) is 0 Å². The van der Waals surface area contributed by atoms with Gasteiger partial charge in [0, 0.05) is 0 Å². The summed E-state index contributed by atoms with van der Waals surface area (Å²) in [6.45, 7) is 0. The van der Waals surface area contributed by atoms with Gasteiger partial charge in [0.2, 0.25) is 0 Å². The first kappa shape index (κ1) is 11.9. The molecule has 0 fully saturated rings. The molecule has 0 heterocycles. The van der Waals surface area contributed by atoms with Crippen LogP contribution >= 0.6 is 0 Å². The third-order valence-corrected chi connectivity index (χ3v) is 0.243. The van der Waals surface area contributed by atoms with E-state index >= 15 is 0 Å². The van der Waals surface area contributed by atoms with Crippen LogP contribution in [0.25, 0.3) is 0 Å². The Bertz CT molecular complexity index is 39.7. The molecule has 0 rings (SSSR count). The number of hydrogen-bond acceptors (Lipinski definition) is 5. The van der Waals surface area contributed by atoms with Gasteiger partial charge in [0.05, 0.1) is 0 Å². The van der Waals surface area contributed by atoms with Gasteiger partial charge in [0.15, 0.2) is 0 Å². The first-order chi connectivity index (χ1) is 3.13. The van der Waals surface area contributed by atoms with Crippen molar-refractivity contribution >= 4 is 52.4 Å². The van der Waals surface area contributed by atoms with Crippen LogP contribution in [0.3, 0.4) is 0 Å². The van der Waals surface area contributed by atoms with E-state index in [0.29, 0.717) is 0 Å². The third-order valence-electron chi connectivity index (χ3n) is 0.243. The molecule has 0 unspecified atom stereocenters. The zero-order chi connectivity index (χ0) is 5.86. The topological polar surface area (TPSA) is 90.2 Å². The Morgan fingerprint density at radius 2 is 1.12 bits per heavy atom. The van der Waals surface area contributed by atoms with Gasteiger partial charge in [-0.05, 0) is 0 Å². The zero-order valence-corrected chi connectivity index (χ0v) is 3.35. The summed E-state index contributed by atoms with van der Waals surface area (Å²) in [7, 11) is -4.25. The fourth-order valence-electron chi connectivity index (χ4n) is 0.109. The second kappa shape index (κ2) is 6.31. The van der Waals surface area contributed by atoms with Crippen molar-refractivity contribution in [2.75, 3.05) is 0 Å². The SMILES string of the molecule is OB(O)OB(O)O.[CaH2]. The van der Waals surface area contributed by atoms with E-state index in [2.05, 4.69) is 4.57 Å². The minimum atomic E-state index is -2.13. The molecule has 0 aromatic rings. The van der Waals surface area contributed by atoms with Crippen LogP contribution in [-0.2, 0) is 4.57 Å². The van der Waals surface area contributed by atoms with Crippen LogP contribution in [0.15, 0.2) is 0 Å². The second-order valence-corrected chi connectivity index (χ2v) is 0.789. The molecule has 0 saturated carbocycles. The second-order valence-electron chi connectivity index (χ2n) is 0.789. The molecule has 0 aromatic carbocycles. The first-order valence-corrected chi connectivity index (χ1v) is 1.50. The van der Waals surface area contributed by atoms with E-state index in [-0.39, 0.29) is 37.7 Å². The molecular formula is H6B2CaO5. The van der Waals surface area contributed by atoms with Crippen LogP contribution in [0.2, 0.25) is 0 Å². The molecule has 0 radical (unpaired) electrons. The summed E-state index contributed by atoms with van der Waals surface area (Å²) in [4.78, 5) is 0. The van der Waals surface area contributed by atoms with E-state index < -0.39 is 14.6 Å². The molecule has 44 valence electrons. The van der Waals surface area contributed by atoms with E-state index in [1.54, 1.807) is 0 Å². The average Bonchev–Trinajstić information content (AvgIpc) is 1.27. The van der Waals surface area contributed by atoms with Crippen molar-refractivity contribution in [2.24, 2.45) is 0 Å². The molecule has 0 aromatic heterocycles. The third kappa shape index (κ3) is 10.2. The van der Waals surface area contributed by atoms with E-state index in [9.17, 15) is 0 Å². The van der Waals surface area contributed by atoms with Gasteiger partial charge in [-0.1, -0.05) is 0 Å². The Kier molecular flexibility index (Phi) is 9.41. The van der Waals surface area contributed by atoms with Crippen LogP contribution < -0.4 is 0 Å². The molecule has 0 saturated heterocycles. The maximum atomic E-state index is 7.74. The molecule has 0 aliphatic heterocycles. The Labute approximate surface area is 76.6 Å². The van der Waals surface area contributed by atoms with Gasteiger partial charge in [0.25, 0.3) is 0 Å². The molecule has 0 aliphatic carbocycles. The van der Waals surface area contributed by atoms with Gasteiger partial charge in [-0.25, -0.2) is 0 Å². The predicted molar refractivity (Wildman–Crippen MR) is 30.0 cm³/mol. The summed E-state index contributed by atoms with van der Waals surface area (Å²) in [5.41, 5.74) is 0. The standard InChI is InChI=1S/B2H4O5.Ca.2H/c3-1(4)7-2(5)6;;;/h3-6H;;;. The normalized spacial score (nSPS) is 7.50. The average molecular weight is 148 g/mol. The fourth-order valence-corrected chi connectivity index (χ4v) is 0.109. The van der Waals surface area contributed by atoms with Crippen LogP contribution in [-0.4, -0.2) is 72.5 Å². The minimum absolute atomic E-state index is 0. The Morgan fingerprint density at radius 3 is 1.12 bits per heavy atom. The fraction of sp³-hybridized carbons (Fsp3) is 0. The van der Waals surface area contributed by atoms with E-state index in [0.717, 1.165) is 0 Å². The first-order valence-electron chi connectivity index (χ1n) is 1.50. The van der Waals surface area contributed by atoms with Crippen molar-refractivity contribution in [3.63, 3.8) is 0 Å². The van der Waals surface area contributed by atoms with Gasteiger partial charge in [-0.15, -0.1) is 0 Å². The monoisotopic (exact) mass is 148 g/mol. The van der Waals surface area contributed by atoms with Gasteiger partial charge < -0.3 is 24.7 Å². The van der Waals surface area contributed by atoms with Gasteiger partial charge in [0.1, 0.15) is 0 Å². The Hall–Kier alpha value is 1.19. The molecule has 0 amide bonds. The molecule has 0 bridgehead atoms. The van der Waals surface area contributed by atoms with Crippen molar-refractivity contribution in [3.8, 4) is 0 Å². The Morgan fingerprint density at radius 1 is 0.875 bits per heavy atom. The van der Waals surface area contributed by atoms with Crippen LogP contribution in [0.5, 0.6) is 0 Å². The van der Waals surface area contributed by atoms with E-state index in [1.165, 1.54) is 0 Å². The molecule has 0 aliphatic rings. The molecular weight excluding hydrogens is 142 g/mol. The molecule has 8 heavy (non-hydrogen) atoms. The van der Waals surface area contributed by atoms with Crippen molar-refractivity contribution in [2.45, 2.75) is 0 Å². The summed E-state index contributed by atoms with van der Waals surface area (Å²) >= 11 is 0. The molecule has 5 nitrogen and oxygen atoms in total. The van der Waals surface area contributed by atoms with Crippen molar-refractivity contribution in [1.29, 1.82) is 0 Å². The molecule has 0 spiro atoms. The van der Waals surface area contributed by atoms with E-state index in [4.69, 9.17) is 20.1 Å². The predicted octanol–water partition coefficient (Wildman–Crippen LogP) is -3.97. The molecule has 0 atom stereocenters. The van der Waals surface area contributed by atoms with Crippen LogP contribution in [0.4, 0.5) is 0 Å². The summed E-state index contributed by atoms with van der Waals surface area (Å²) in [6, 6.07) is 0. The van der Waals surface area contributed by atoms with Crippen molar-refractivity contribution in [1.82, 2.24) is 0 Å². The maximum absolute atomic E-state index is 7.74. The summed E-state index contributed by atoms with van der Waals surface area (Å²) in [5.74, 6) is 0.